The molecule has 0 radical (unpaired) electrons. The fourth-order valence-corrected chi connectivity index (χ4v) is 2.81. The Morgan fingerprint density at radius 3 is 2.18 bits per heavy atom. The van der Waals surface area contributed by atoms with E-state index in [0.717, 1.165) is 31.6 Å². The van der Waals surface area contributed by atoms with Gasteiger partial charge in [0.15, 0.2) is 0 Å². The molecule has 1 fully saturated rings. The van der Waals surface area contributed by atoms with E-state index in [0.29, 0.717) is 5.92 Å². The van der Waals surface area contributed by atoms with Crippen molar-refractivity contribution in [2.75, 3.05) is 0 Å². The summed E-state index contributed by atoms with van der Waals surface area (Å²) in [7, 11) is 0. The van der Waals surface area contributed by atoms with E-state index in [1.807, 2.05) is 0 Å². The summed E-state index contributed by atoms with van der Waals surface area (Å²) in [5.41, 5.74) is 2.91. The van der Waals surface area contributed by atoms with Crippen molar-refractivity contribution < 1.29 is 5.11 Å². The first-order valence-corrected chi connectivity index (χ1v) is 6.92. The Kier molecular flexibility index (Phi) is 4.22. The maximum Gasteiger partial charge on any atom is 0.0540 e. The summed E-state index contributed by atoms with van der Waals surface area (Å²) in [6.45, 7) is 4.52. The molecule has 0 bridgehead atoms. The minimum absolute atomic E-state index is 0.0496. The van der Waals surface area contributed by atoms with Gasteiger partial charge in [0, 0.05) is 0 Å². The van der Waals surface area contributed by atoms with Gasteiger partial charge >= 0.3 is 0 Å². The van der Waals surface area contributed by atoms with Gasteiger partial charge in [-0.25, -0.2) is 0 Å². The third-order valence-corrected chi connectivity index (χ3v) is 3.79. The molecule has 2 rings (SSSR count). The maximum absolute atomic E-state index is 9.52. The smallest absolute Gasteiger partial charge is 0.0540 e. The first kappa shape index (κ1) is 12.6. The molecule has 0 unspecified atom stereocenters. The van der Waals surface area contributed by atoms with Gasteiger partial charge in [0.05, 0.1) is 6.10 Å². The third kappa shape index (κ3) is 3.57. The van der Waals surface area contributed by atoms with Crippen molar-refractivity contribution >= 4 is 0 Å². The van der Waals surface area contributed by atoms with Gasteiger partial charge < -0.3 is 5.11 Å². The molecule has 1 saturated carbocycles. The molecule has 1 nitrogen and oxygen atoms in total. The van der Waals surface area contributed by atoms with Crippen molar-refractivity contribution in [1.29, 1.82) is 0 Å². The van der Waals surface area contributed by atoms with E-state index in [-0.39, 0.29) is 6.10 Å². The Morgan fingerprint density at radius 2 is 1.65 bits per heavy atom. The van der Waals surface area contributed by atoms with E-state index in [2.05, 4.69) is 38.1 Å². The highest BCUT2D eigenvalue weighted by Gasteiger charge is 2.20. The van der Waals surface area contributed by atoms with Crippen LogP contribution in [0, 0.1) is 5.92 Å². The summed E-state index contributed by atoms with van der Waals surface area (Å²) in [5.74, 6) is 1.40. The Hall–Kier alpha value is -0.820. The second-order valence-electron chi connectivity index (χ2n) is 5.85. The number of aliphatic hydroxyl groups excluding tert-OH is 1. The minimum Gasteiger partial charge on any atom is -0.393 e. The van der Waals surface area contributed by atoms with Crippen LogP contribution in [0.5, 0.6) is 0 Å². The van der Waals surface area contributed by atoms with Crippen LogP contribution in [-0.4, -0.2) is 11.2 Å². The van der Waals surface area contributed by atoms with E-state index in [1.54, 1.807) is 0 Å². The van der Waals surface area contributed by atoms with Crippen LogP contribution in [0.3, 0.4) is 0 Å². The van der Waals surface area contributed by atoms with Gasteiger partial charge in [-0.15, -0.1) is 0 Å². The monoisotopic (exact) mass is 232 g/mol. The highest BCUT2D eigenvalue weighted by Crippen LogP contribution is 2.32. The molecule has 0 atom stereocenters. The van der Waals surface area contributed by atoms with Gasteiger partial charge in [-0.1, -0.05) is 38.1 Å². The van der Waals surface area contributed by atoms with Gasteiger partial charge in [0.1, 0.15) is 0 Å². The first-order valence-electron chi connectivity index (χ1n) is 6.92. The predicted molar refractivity (Wildman–Crippen MR) is 72.2 cm³/mol. The van der Waals surface area contributed by atoms with Crippen molar-refractivity contribution in [3.8, 4) is 0 Å². The average Bonchev–Trinajstić information content (AvgIpc) is 2.30. The molecule has 0 saturated heterocycles. The summed E-state index contributed by atoms with van der Waals surface area (Å²) in [4.78, 5) is 0. The van der Waals surface area contributed by atoms with E-state index in [9.17, 15) is 5.11 Å². The lowest BCUT2D eigenvalue weighted by atomic mass is 9.82. The van der Waals surface area contributed by atoms with Crippen molar-refractivity contribution in [1.82, 2.24) is 0 Å². The number of rotatable bonds is 3. The molecule has 0 spiro atoms. The quantitative estimate of drug-likeness (QED) is 0.838. The molecule has 0 heterocycles. The van der Waals surface area contributed by atoms with Gasteiger partial charge in [-0.2, -0.15) is 0 Å². The Morgan fingerprint density at radius 1 is 1.06 bits per heavy atom. The molecule has 0 amide bonds. The molecule has 1 N–H and O–H groups in total. The molecule has 1 aliphatic carbocycles. The maximum atomic E-state index is 9.52. The highest BCUT2D eigenvalue weighted by molar-refractivity contribution is 5.26. The van der Waals surface area contributed by atoms with Crippen LogP contribution in [0.25, 0.3) is 0 Å². The molecule has 17 heavy (non-hydrogen) atoms. The minimum atomic E-state index is -0.0496. The summed E-state index contributed by atoms with van der Waals surface area (Å²) in [6, 6.07) is 9.14. The lowest BCUT2D eigenvalue weighted by Gasteiger charge is -2.25. The molecule has 1 aromatic carbocycles. The Bertz CT molecular complexity index is 331. The standard InChI is InChI=1S/C16H24O/c1-12(2)11-13-3-5-14(6-4-13)15-7-9-16(17)10-8-15/h3-6,12,15-17H,7-11H2,1-2H3. The van der Waals surface area contributed by atoms with Crippen LogP contribution < -0.4 is 0 Å². The van der Waals surface area contributed by atoms with Crippen molar-refractivity contribution in [3.05, 3.63) is 35.4 Å². The lowest BCUT2D eigenvalue weighted by molar-refractivity contribution is 0.122. The summed E-state index contributed by atoms with van der Waals surface area (Å²) in [5, 5.41) is 9.52. The zero-order valence-corrected chi connectivity index (χ0v) is 11.0. The zero-order chi connectivity index (χ0) is 12.3. The molecule has 0 aliphatic heterocycles. The molecular formula is C16H24O. The van der Waals surface area contributed by atoms with E-state index in [1.165, 1.54) is 17.5 Å². The molecule has 1 aliphatic rings. The van der Waals surface area contributed by atoms with E-state index < -0.39 is 0 Å². The van der Waals surface area contributed by atoms with Gasteiger partial charge in [0.25, 0.3) is 0 Å². The van der Waals surface area contributed by atoms with Crippen molar-refractivity contribution in [2.45, 2.75) is 58.0 Å². The molecular weight excluding hydrogens is 208 g/mol. The van der Waals surface area contributed by atoms with Crippen LogP contribution in [0.1, 0.15) is 56.6 Å². The average molecular weight is 232 g/mol. The second-order valence-corrected chi connectivity index (χ2v) is 5.85. The van der Waals surface area contributed by atoms with Crippen molar-refractivity contribution in [2.24, 2.45) is 5.92 Å². The van der Waals surface area contributed by atoms with Crippen LogP contribution in [0.4, 0.5) is 0 Å². The second kappa shape index (κ2) is 5.68. The highest BCUT2D eigenvalue weighted by atomic mass is 16.3. The zero-order valence-electron chi connectivity index (χ0n) is 11.0. The first-order chi connectivity index (χ1) is 8.15. The molecule has 1 heteroatoms. The number of hydrogen-bond donors (Lipinski definition) is 1. The number of aliphatic hydroxyl groups is 1. The third-order valence-electron chi connectivity index (χ3n) is 3.79. The Balaban J connectivity index is 1.97. The van der Waals surface area contributed by atoms with Gasteiger partial charge in [-0.05, 0) is 55.1 Å². The molecule has 0 aromatic heterocycles. The predicted octanol–water partition coefficient (Wildman–Crippen LogP) is 3.90. The molecule has 94 valence electrons. The fourth-order valence-electron chi connectivity index (χ4n) is 2.81. The van der Waals surface area contributed by atoms with Crippen LogP contribution in [0.2, 0.25) is 0 Å². The molecule has 1 aromatic rings. The normalized spacial score (nSPS) is 25.2. The SMILES string of the molecule is CC(C)Cc1ccc(C2CCC(O)CC2)cc1. The Labute approximate surface area is 105 Å². The lowest BCUT2D eigenvalue weighted by Crippen LogP contribution is -2.16. The van der Waals surface area contributed by atoms with Crippen LogP contribution >= 0.6 is 0 Å². The van der Waals surface area contributed by atoms with Gasteiger partial charge in [-0.3, -0.25) is 0 Å². The topological polar surface area (TPSA) is 20.2 Å². The largest absolute Gasteiger partial charge is 0.393 e. The summed E-state index contributed by atoms with van der Waals surface area (Å²) in [6.07, 6.45) is 5.35. The van der Waals surface area contributed by atoms with Crippen molar-refractivity contribution in [3.63, 3.8) is 0 Å². The van der Waals surface area contributed by atoms with Crippen LogP contribution in [-0.2, 0) is 6.42 Å². The number of hydrogen-bond acceptors (Lipinski definition) is 1. The summed E-state index contributed by atoms with van der Waals surface area (Å²) < 4.78 is 0. The number of benzene rings is 1. The summed E-state index contributed by atoms with van der Waals surface area (Å²) >= 11 is 0. The van der Waals surface area contributed by atoms with Crippen LogP contribution in [0.15, 0.2) is 24.3 Å². The van der Waals surface area contributed by atoms with Gasteiger partial charge in [0.2, 0.25) is 0 Å². The van der Waals surface area contributed by atoms with E-state index in [4.69, 9.17) is 0 Å². The fraction of sp³-hybridized carbons (Fsp3) is 0.625. The van der Waals surface area contributed by atoms with E-state index >= 15 is 0 Å².